The molecule has 3 nitrogen and oxygen atoms in total. The Morgan fingerprint density at radius 2 is 1.69 bits per heavy atom. The molecule has 4 heteroatoms. The van der Waals surface area contributed by atoms with Gasteiger partial charge in [0.1, 0.15) is 0 Å². The van der Waals surface area contributed by atoms with Gasteiger partial charge in [-0.05, 0) is 26.8 Å². The van der Waals surface area contributed by atoms with Gasteiger partial charge in [-0.2, -0.15) is 0 Å². The van der Waals surface area contributed by atoms with Crippen molar-refractivity contribution in [3.05, 3.63) is 21.7 Å². The van der Waals surface area contributed by atoms with Crippen LogP contribution in [0.3, 0.4) is 0 Å². The third kappa shape index (κ3) is 2.33. The average molecular weight is 289 g/mol. The summed E-state index contributed by atoms with van der Waals surface area (Å²) < 4.78 is 11.5. The summed E-state index contributed by atoms with van der Waals surface area (Å²) in [6.07, 6.45) is 0. The number of hydrogen-bond donors (Lipinski definition) is 1. The minimum Gasteiger partial charge on any atom is -0.493 e. The second kappa shape index (κ2) is 4.63. The molecular weight excluding hydrogens is 272 g/mol. The average Bonchev–Trinajstić information content (AvgIpc) is 2.19. The van der Waals surface area contributed by atoms with Crippen LogP contribution in [0.4, 0.5) is 0 Å². The SMILES string of the molecule is COc1c(C(C)(C)O)cc(Br)c(C)c1OC. The van der Waals surface area contributed by atoms with Gasteiger partial charge in [0.2, 0.25) is 0 Å². The van der Waals surface area contributed by atoms with Crippen molar-refractivity contribution >= 4 is 15.9 Å². The molecule has 0 radical (unpaired) electrons. The lowest BCUT2D eigenvalue weighted by atomic mass is 9.95. The van der Waals surface area contributed by atoms with E-state index in [2.05, 4.69) is 15.9 Å². The maximum Gasteiger partial charge on any atom is 0.167 e. The largest absolute Gasteiger partial charge is 0.493 e. The van der Waals surface area contributed by atoms with Crippen LogP contribution in [0.2, 0.25) is 0 Å². The van der Waals surface area contributed by atoms with Crippen molar-refractivity contribution in [2.75, 3.05) is 14.2 Å². The number of ether oxygens (including phenoxy) is 2. The molecule has 0 bridgehead atoms. The van der Waals surface area contributed by atoms with Crippen LogP contribution in [0.25, 0.3) is 0 Å². The number of hydrogen-bond acceptors (Lipinski definition) is 3. The Labute approximate surface area is 105 Å². The molecule has 0 unspecified atom stereocenters. The first kappa shape index (κ1) is 13.3. The molecule has 0 aliphatic rings. The minimum absolute atomic E-state index is 0.579. The molecule has 0 aromatic heterocycles. The van der Waals surface area contributed by atoms with Crippen LogP contribution in [0.5, 0.6) is 11.5 Å². The molecule has 0 fully saturated rings. The molecule has 0 atom stereocenters. The van der Waals surface area contributed by atoms with Crippen molar-refractivity contribution in [2.24, 2.45) is 0 Å². The molecule has 1 aromatic carbocycles. The zero-order valence-corrected chi connectivity index (χ0v) is 11.8. The first-order valence-electron chi connectivity index (χ1n) is 4.96. The summed E-state index contributed by atoms with van der Waals surface area (Å²) in [5, 5.41) is 10.1. The molecule has 0 amide bonds. The molecule has 16 heavy (non-hydrogen) atoms. The predicted molar refractivity (Wildman–Crippen MR) is 67.2 cm³/mol. The second-order valence-corrected chi connectivity index (χ2v) is 5.01. The second-order valence-electron chi connectivity index (χ2n) is 4.16. The third-order valence-electron chi connectivity index (χ3n) is 2.49. The molecule has 0 saturated heterocycles. The van der Waals surface area contributed by atoms with E-state index in [1.165, 1.54) is 0 Å². The van der Waals surface area contributed by atoms with Gasteiger partial charge in [0, 0.05) is 15.6 Å². The predicted octanol–water partition coefficient (Wildman–Crippen LogP) is 3.00. The highest BCUT2D eigenvalue weighted by Crippen LogP contribution is 2.42. The van der Waals surface area contributed by atoms with Crippen molar-refractivity contribution in [1.29, 1.82) is 0 Å². The zero-order valence-electron chi connectivity index (χ0n) is 10.2. The van der Waals surface area contributed by atoms with Gasteiger partial charge in [0.15, 0.2) is 11.5 Å². The molecule has 0 aliphatic heterocycles. The summed E-state index contributed by atoms with van der Waals surface area (Å²) in [6.45, 7) is 5.36. The number of rotatable bonds is 3. The normalized spacial score (nSPS) is 11.4. The van der Waals surface area contributed by atoms with Crippen molar-refractivity contribution in [2.45, 2.75) is 26.4 Å². The molecular formula is C12H17BrO3. The van der Waals surface area contributed by atoms with E-state index >= 15 is 0 Å². The van der Waals surface area contributed by atoms with Gasteiger partial charge in [0.25, 0.3) is 0 Å². The highest BCUT2D eigenvalue weighted by Gasteiger charge is 2.26. The zero-order chi connectivity index (χ0) is 12.5. The Morgan fingerprint density at radius 1 is 1.19 bits per heavy atom. The summed E-state index contributed by atoms with van der Waals surface area (Å²) in [5.41, 5.74) is 0.672. The van der Waals surface area contributed by atoms with E-state index in [4.69, 9.17) is 9.47 Å². The lowest BCUT2D eigenvalue weighted by Crippen LogP contribution is -2.17. The van der Waals surface area contributed by atoms with Crippen molar-refractivity contribution < 1.29 is 14.6 Å². The van der Waals surface area contributed by atoms with E-state index in [9.17, 15) is 5.11 Å². The van der Waals surface area contributed by atoms with Crippen molar-refractivity contribution in [3.8, 4) is 11.5 Å². The summed E-state index contributed by atoms with van der Waals surface area (Å²) in [4.78, 5) is 0. The number of aliphatic hydroxyl groups is 1. The fourth-order valence-electron chi connectivity index (χ4n) is 1.60. The van der Waals surface area contributed by atoms with Crippen LogP contribution in [-0.4, -0.2) is 19.3 Å². The van der Waals surface area contributed by atoms with Gasteiger partial charge < -0.3 is 14.6 Å². The quantitative estimate of drug-likeness (QED) is 0.929. The summed E-state index contributed by atoms with van der Waals surface area (Å²) in [6, 6.07) is 1.86. The molecule has 1 N–H and O–H groups in total. The van der Waals surface area contributed by atoms with E-state index in [0.717, 1.165) is 10.0 Å². The smallest absolute Gasteiger partial charge is 0.167 e. The molecule has 0 saturated carbocycles. The fraction of sp³-hybridized carbons (Fsp3) is 0.500. The van der Waals surface area contributed by atoms with Gasteiger partial charge in [-0.25, -0.2) is 0 Å². The van der Waals surface area contributed by atoms with Gasteiger partial charge in [-0.3, -0.25) is 0 Å². The van der Waals surface area contributed by atoms with Crippen LogP contribution in [0.15, 0.2) is 10.5 Å². The minimum atomic E-state index is -0.977. The van der Waals surface area contributed by atoms with Gasteiger partial charge >= 0.3 is 0 Å². The lowest BCUT2D eigenvalue weighted by molar-refractivity contribution is 0.0750. The monoisotopic (exact) mass is 288 g/mol. The van der Waals surface area contributed by atoms with E-state index in [1.54, 1.807) is 28.1 Å². The Balaban J connectivity index is 3.57. The summed E-state index contributed by atoms with van der Waals surface area (Å²) >= 11 is 3.45. The van der Waals surface area contributed by atoms with Crippen molar-refractivity contribution in [3.63, 3.8) is 0 Å². The fourth-order valence-corrected chi connectivity index (χ4v) is 2.01. The van der Waals surface area contributed by atoms with Crippen LogP contribution in [0, 0.1) is 6.92 Å². The Bertz CT molecular complexity index is 394. The van der Waals surface area contributed by atoms with Crippen LogP contribution < -0.4 is 9.47 Å². The Kier molecular flexibility index (Phi) is 3.86. The van der Waals surface area contributed by atoms with E-state index in [0.29, 0.717) is 17.1 Å². The summed E-state index contributed by atoms with van der Waals surface area (Å²) in [5.74, 6) is 1.23. The molecule has 90 valence electrons. The Hall–Kier alpha value is -0.740. The van der Waals surface area contributed by atoms with Gasteiger partial charge in [-0.15, -0.1) is 0 Å². The van der Waals surface area contributed by atoms with Crippen LogP contribution in [0.1, 0.15) is 25.0 Å². The molecule has 0 spiro atoms. The first-order valence-corrected chi connectivity index (χ1v) is 5.76. The summed E-state index contributed by atoms with van der Waals surface area (Å²) in [7, 11) is 3.16. The van der Waals surface area contributed by atoms with E-state index in [-0.39, 0.29) is 0 Å². The highest BCUT2D eigenvalue weighted by molar-refractivity contribution is 9.10. The maximum atomic E-state index is 10.1. The highest BCUT2D eigenvalue weighted by atomic mass is 79.9. The number of halogens is 1. The van der Waals surface area contributed by atoms with Crippen LogP contribution in [-0.2, 0) is 5.60 Å². The molecule has 1 rings (SSSR count). The third-order valence-corrected chi connectivity index (χ3v) is 3.31. The standard InChI is InChI=1S/C12H17BrO3/c1-7-9(13)6-8(12(2,3)14)11(16-5)10(7)15-4/h6,14H,1-5H3. The first-order chi connectivity index (χ1) is 7.32. The van der Waals surface area contributed by atoms with Crippen molar-refractivity contribution in [1.82, 2.24) is 0 Å². The Morgan fingerprint density at radius 3 is 2.06 bits per heavy atom. The topological polar surface area (TPSA) is 38.7 Å². The van der Waals surface area contributed by atoms with E-state index < -0.39 is 5.60 Å². The molecule has 0 aliphatic carbocycles. The maximum absolute atomic E-state index is 10.1. The number of methoxy groups -OCH3 is 2. The molecule has 0 heterocycles. The van der Waals surface area contributed by atoms with E-state index in [1.807, 2.05) is 13.0 Å². The van der Waals surface area contributed by atoms with Crippen LogP contribution >= 0.6 is 15.9 Å². The van der Waals surface area contributed by atoms with Gasteiger partial charge in [-0.1, -0.05) is 15.9 Å². The number of benzene rings is 1. The molecule has 1 aromatic rings. The lowest BCUT2D eigenvalue weighted by Gasteiger charge is -2.24. The van der Waals surface area contributed by atoms with Gasteiger partial charge in [0.05, 0.1) is 19.8 Å².